The molecule has 0 N–H and O–H groups in total. The van der Waals surface area contributed by atoms with Gasteiger partial charge in [0.05, 0.1) is 21.3 Å². The van der Waals surface area contributed by atoms with E-state index in [2.05, 4.69) is 12.1 Å². The summed E-state index contributed by atoms with van der Waals surface area (Å²) in [7, 11) is 4.89. The smallest absolute Gasteiger partial charge is 0.246 e. The quantitative estimate of drug-likeness (QED) is 0.449. The molecule has 0 unspecified atom stereocenters. The molecule has 160 valence electrons. The van der Waals surface area contributed by atoms with E-state index in [0.717, 1.165) is 43.0 Å². The molecule has 0 aromatic heterocycles. The van der Waals surface area contributed by atoms with E-state index in [1.807, 2.05) is 53.1 Å². The Morgan fingerprint density at radius 1 is 1.00 bits per heavy atom. The van der Waals surface area contributed by atoms with Crippen molar-refractivity contribution >= 4 is 23.7 Å². The van der Waals surface area contributed by atoms with Crippen molar-refractivity contribution in [3.8, 4) is 17.2 Å². The second kappa shape index (κ2) is 11.0. The predicted octanol–water partition coefficient (Wildman–Crippen LogP) is 4.76. The molecule has 0 aliphatic carbocycles. The van der Waals surface area contributed by atoms with E-state index < -0.39 is 0 Å². The van der Waals surface area contributed by atoms with Crippen molar-refractivity contribution in [3.63, 3.8) is 0 Å². The summed E-state index contributed by atoms with van der Waals surface area (Å²) in [5.41, 5.74) is 0.909. The first-order valence-corrected chi connectivity index (χ1v) is 11.1. The standard InChI is InChI=1S/C24H29NO4S/c1-27-20-6-8-21(9-7-20)30-17-19-12-14-25(15-13-19)24(26)11-5-18-4-10-22(28-2)23(16-18)29-3/h4-11,16,19H,12-15,17H2,1-3H3/b11-5+. The third-order valence-corrected chi connectivity index (χ3v) is 6.54. The molecule has 1 aliphatic rings. The Bertz CT molecular complexity index is 858. The predicted molar refractivity (Wildman–Crippen MR) is 122 cm³/mol. The van der Waals surface area contributed by atoms with Crippen molar-refractivity contribution in [2.45, 2.75) is 17.7 Å². The van der Waals surface area contributed by atoms with E-state index >= 15 is 0 Å². The normalized spacial score (nSPS) is 14.7. The van der Waals surface area contributed by atoms with Crippen molar-refractivity contribution in [3.05, 3.63) is 54.1 Å². The number of carbonyl (C=O) groups is 1. The van der Waals surface area contributed by atoms with Crippen LogP contribution in [-0.4, -0.2) is 51.0 Å². The van der Waals surface area contributed by atoms with Gasteiger partial charge in [0.1, 0.15) is 5.75 Å². The molecule has 1 fully saturated rings. The Balaban J connectivity index is 1.46. The molecule has 5 nitrogen and oxygen atoms in total. The van der Waals surface area contributed by atoms with Gasteiger partial charge in [-0.3, -0.25) is 4.79 Å². The maximum Gasteiger partial charge on any atom is 0.246 e. The van der Waals surface area contributed by atoms with Crippen molar-refractivity contribution < 1.29 is 19.0 Å². The molecule has 1 amide bonds. The van der Waals surface area contributed by atoms with E-state index in [1.54, 1.807) is 27.4 Å². The number of carbonyl (C=O) groups excluding carboxylic acids is 1. The molecule has 30 heavy (non-hydrogen) atoms. The van der Waals surface area contributed by atoms with Gasteiger partial charge in [0.25, 0.3) is 0 Å². The summed E-state index contributed by atoms with van der Waals surface area (Å²) in [5, 5.41) is 0. The summed E-state index contributed by atoms with van der Waals surface area (Å²) in [4.78, 5) is 15.8. The minimum absolute atomic E-state index is 0.0612. The van der Waals surface area contributed by atoms with Crippen LogP contribution in [-0.2, 0) is 4.79 Å². The average molecular weight is 428 g/mol. The van der Waals surface area contributed by atoms with Gasteiger partial charge in [-0.25, -0.2) is 0 Å². The lowest BCUT2D eigenvalue weighted by Gasteiger charge is -2.31. The number of amides is 1. The van der Waals surface area contributed by atoms with Crippen LogP contribution in [0.15, 0.2) is 53.4 Å². The van der Waals surface area contributed by atoms with Gasteiger partial charge in [-0.15, -0.1) is 11.8 Å². The SMILES string of the molecule is COc1ccc(SCC2CCN(C(=O)/C=C/c3ccc(OC)c(OC)c3)CC2)cc1. The number of piperidine rings is 1. The lowest BCUT2D eigenvalue weighted by molar-refractivity contribution is -0.127. The van der Waals surface area contributed by atoms with Crippen LogP contribution in [0.3, 0.4) is 0 Å². The summed E-state index contributed by atoms with van der Waals surface area (Å²) in [6.45, 7) is 1.62. The zero-order valence-electron chi connectivity index (χ0n) is 17.8. The first kappa shape index (κ1) is 22.1. The number of thioether (sulfide) groups is 1. The highest BCUT2D eigenvalue weighted by Gasteiger charge is 2.21. The molecule has 0 spiro atoms. The van der Waals surface area contributed by atoms with E-state index in [0.29, 0.717) is 17.4 Å². The second-order valence-corrected chi connectivity index (χ2v) is 8.30. The number of rotatable bonds is 8. The molecular weight excluding hydrogens is 398 g/mol. The van der Waals surface area contributed by atoms with E-state index in [4.69, 9.17) is 14.2 Å². The van der Waals surface area contributed by atoms with Crippen LogP contribution in [0.5, 0.6) is 17.2 Å². The molecule has 1 saturated heterocycles. The maximum atomic E-state index is 12.6. The van der Waals surface area contributed by atoms with E-state index in [1.165, 1.54) is 4.90 Å². The zero-order chi connectivity index (χ0) is 21.3. The van der Waals surface area contributed by atoms with Gasteiger partial charge in [0.15, 0.2) is 11.5 Å². The molecule has 1 aliphatic heterocycles. The number of likely N-dealkylation sites (tertiary alicyclic amines) is 1. The van der Waals surface area contributed by atoms with Gasteiger partial charge < -0.3 is 19.1 Å². The fourth-order valence-electron chi connectivity index (χ4n) is 3.44. The monoisotopic (exact) mass is 427 g/mol. The molecule has 1 heterocycles. The van der Waals surface area contributed by atoms with Crippen molar-refractivity contribution in [1.29, 1.82) is 0 Å². The summed E-state index contributed by atoms with van der Waals surface area (Å²) in [6, 6.07) is 13.8. The fraction of sp³-hybridized carbons (Fsp3) is 0.375. The van der Waals surface area contributed by atoms with Crippen LogP contribution < -0.4 is 14.2 Å². The van der Waals surface area contributed by atoms with Gasteiger partial charge in [0.2, 0.25) is 5.91 Å². The number of hydrogen-bond acceptors (Lipinski definition) is 5. The van der Waals surface area contributed by atoms with Crippen molar-refractivity contribution in [1.82, 2.24) is 4.90 Å². The van der Waals surface area contributed by atoms with Gasteiger partial charge >= 0.3 is 0 Å². The molecule has 0 radical (unpaired) electrons. The Labute approximate surface area is 183 Å². The Hall–Kier alpha value is -2.60. The van der Waals surface area contributed by atoms with Gasteiger partial charge in [0, 0.05) is 29.8 Å². The first-order chi connectivity index (χ1) is 14.6. The largest absolute Gasteiger partial charge is 0.497 e. The van der Waals surface area contributed by atoms with Gasteiger partial charge in [-0.2, -0.15) is 0 Å². The minimum atomic E-state index is 0.0612. The number of nitrogens with zero attached hydrogens (tertiary/aromatic N) is 1. The Morgan fingerprint density at radius 3 is 2.33 bits per heavy atom. The third-order valence-electron chi connectivity index (χ3n) is 5.30. The average Bonchev–Trinajstić information content (AvgIpc) is 2.81. The topological polar surface area (TPSA) is 48.0 Å². The van der Waals surface area contributed by atoms with Crippen molar-refractivity contribution in [2.24, 2.45) is 5.92 Å². The summed E-state index contributed by atoms with van der Waals surface area (Å²) in [6.07, 6.45) is 5.56. The number of hydrogen-bond donors (Lipinski definition) is 0. The number of ether oxygens (including phenoxy) is 3. The molecule has 6 heteroatoms. The van der Waals surface area contributed by atoms with E-state index in [9.17, 15) is 4.79 Å². The van der Waals surface area contributed by atoms with Gasteiger partial charge in [-0.05, 0) is 66.8 Å². The maximum absolute atomic E-state index is 12.6. The second-order valence-electron chi connectivity index (χ2n) is 7.20. The lowest BCUT2D eigenvalue weighted by Crippen LogP contribution is -2.38. The number of methoxy groups -OCH3 is 3. The Kier molecular flexibility index (Phi) is 8.08. The first-order valence-electron chi connectivity index (χ1n) is 10.1. The molecule has 2 aromatic carbocycles. The summed E-state index contributed by atoms with van der Waals surface area (Å²) in [5.74, 6) is 3.99. The third kappa shape index (κ3) is 5.95. The van der Waals surface area contributed by atoms with Crippen LogP contribution in [0, 0.1) is 5.92 Å². The van der Waals surface area contributed by atoms with Crippen LogP contribution in [0.25, 0.3) is 6.08 Å². The molecule has 0 saturated carbocycles. The number of benzene rings is 2. The van der Waals surface area contributed by atoms with Crippen LogP contribution in [0.2, 0.25) is 0 Å². The zero-order valence-corrected chi connectivity index (χ0v) is 18.6. The summed E-state index contributed by atoms with van der Waals surface area (Å²) >= 11 is 1.87. The lowest BCUT2D eigenvalue weighted by atomic mass is 9.99. The van der Waals surface area contributed by atoms with Crippen LogP contribution in [0.1, 0.15) is 18.4 Å². The molecule has 3 rings (SSSR count). The summed E-state index contributed by atoms with van der Waals surface area (Å²) < 4.78 is 15.8. The molecule has 0 bridgehead atoms. The highest BCUT2D eigenvalue weighted by atomic mass is 32.2. The van der Waals surface area contributed by atoms with E-state index in [-0.39, 0.29) is 5.91 Å². The molecule has 2 aromatic rings. The molecule has 0 atom stereocenters. The highest BCUT2D eigenvalue weighted by Crippen LogP contribution is 2.29. The van der Waals surface area contributed by atoms with Crippen molar-refractivity contribution in [2.75, 3.05) is 40.2 Å². The van der Waals surface area contributed by atoms with Gasteiger partial charge in [-0.1, -0.05) is 6.07 Å². The van der Waals surface area contributed by atoms with Crippen LogP contribution in [0.4, 0.5) is 0 Å². The minimum Gasteiger partial charge on any atom is -0.497 e. The highest BCUT2D eigenvalue weighted by molar-refractivity contribution is 7.99. The molecular formula is C24H29NO4S. The fourth-order valence-corrected chi connectivity index (χ4v) is 4.53. The van der Waals surface area contributed by atoms with Crippen LogP contribution >= 0.6 is 11.8 Å². The Morgan fingerprint density at radius 2 is 1.70 bits per heavy atom.